The first-order valence-corrected chi connectivity index (χ1v) is 7.95. The number of nitrogens with zero attached hydrogens (tertiary/aromatic N) is 1. The van der Waals surface area contributed by atoms with Gasteiger partial charge in [-0.15, -0.1) is 23.1 Å². The predicted octanol–water partition coefficient (Wildman–Crippen LogP) is 1.41. The van der Waals surface area contributed by atoms with Crippen molar-refractivity contribution < 1.29 is 9.59 Å². The van der Waals surface area contributed by atoms with Gasteiger partial charge in [0.15, 0.2) is 5.13 Å². The van der Waals surface area contributed by atoms with E-state index in [9.17, 15) is 9.59 Å². The summed E-state index contributed by atoms with van der Waals surface area (Å²) in [6.45, 7) is 0. The molecule has 2 aromatic rings. The van der Waals surface area contributed by atoms with Gasteiger partial charge in [0.25, 0.3) is 0 Å². The van der Waals surface area contributed by atoms with Crippen LogP contribution in [-0.4, -0.2) is 22.6 Å². The third-order valence-electron chi connectivity index (χ3n) is 2.41. The minimum absolute atomic E-state index is 0.0988. The fourth-order valence-corrected chi connectivity index (χ4v) is 2.93. The summed E-state index contributed by atoms with van der Waals surface area (Å²) < 4.78 is 0. The van der Waals surface area contributed by atoms with Gasteiger partial charge in [0.2, 0.25) is 11.8 Å². The lowest BCUT2D eigenvalue weighted by Gasteiger charge is -2.01. The van der Waals surface area contributed by atoms with Crippen molar-refractivity contribution in [3.8, 4) is 0 Å². The molecule has 0 unspecified atom stereocenters. The van der Waals surface area contributed by atoms with Crippen LogP contribution in [0.3, 0.4) is 0 Å². The number of nitrogens with one attached hydrogen (secondary N) is 2. The highest BCUT2D eigenvalue weighted by Crippen LogP contribution is 2.19. The van der Waals surface area contributed by atoms with Crippen molar-refractivity contribution in [2.24, 2.45) is 5.84 Å². The van der Waals surface area contributed by atoms with Gasteiger partial charge < -0.3 is 5.32 Å². The van der Waals surface area contributed by atoms with Gasteiger partial charge in [0.05, 0.1) is 17.9 Å². The number of aromatic nitrogens is 1. The van der Waals surface area contributed by atoms with Crippen LogP contribution < -0.4 is 16.6 Å². The number of nitrogens with two attached hydrogens (primary N) is 1. The number of hydrazine groups is 1. The van der Waals surface area contributed by atoms with Crippen molar-refractivity contribution in [1.82, 2.24) is 10.4 Å². The standard InChI is InChI=1S/C13H14N4O2S2/c14-17-11(18)6-9-7-21-13(15-9)16-12(19)8-20-10-4-2-1-3-5-10/h1-5,7H,6,8,14H2,(H,17,18)(H,15,16,19). The Morgan fingerprint density at radius 3 is 2.71 bits per heavy atom. The summed E-state index contributed by atoms with van der Waals surface area (Å²) in [6.07, 6.45) is 0.0988. The van der Waals surface area contributed by atoms with Crippen molar-refractivity contribution >= 4 is 40.0 Å². The molecule has 6 nitrogen and oxygen atoms in total. The van der Waals surface area contributed by atoms with E-state index in [1.807, 2.05) is 35.8 Å². The van der Waals surface area contributed by atoms with Crippen LogP contribution in [0.2, 0.25) is 0 Å². The number of anilines is 1. The predicted molar refractivity (Wildman–Crippen MR) is 83.9 cm³/mol. The largest absolute Gasteiger partial charge is 0.301 e. The van der Waals surface area contributed by atoms with Crippen molar-refractivity contribution in [3.05, 3.63) is 41.4 Å². The van der Waals surface area contributed by atoms with E-state index >= 15 is 0 Å². The van der Waals surface area contributed by atoms with Crippen LogP contribution in [0.4, 0.5) is 5.13 Å². The molecule has 0 atom stereocenters. The molecule has 0 fully saturated rings. The Hall–Kier alpha value is -1.90. The summed E-state index contributed by atoms with van der Waals surface area (Å²) in [7, 11) is 0. The van der Waals surface area contributed by atoms with Crippen LogP contribution in [0.15, 0.2) is 40.6 Å². The fourth-order valence-electron chi connectivity index (χ4n) is 1.48. The number of hydrogen-bond acceptors (Lipinski definition) is 6. The normalized spacial score (nSPS) is 10.1. The van der Waals surface area contributed by atoms with Crippen LogP contribution >= 0.6 is 23.1 Å². The lowest BCUT2D eigenvalue weighted by atomic mass is 10.3. The summed E-state index contributed by atoms with van der Waals surface area (Å²) in [5.74, 6) is 4.86. The second kappa shape index (κ2) is 7.77. The molecule has 0 radical (unpaired) electrons. The highest BCUT2D eigenvalue weighted by molar-refractivity contribution is 8.00. The van der Waals surface area contributed by atoms with Gasteiger partial charge in [-0.2, -0.15) is 0 Å². The topological polar surface area (TPSA) is 97.1 Å². The van der Waals surface area contributed by atoms with E-state index in [-0.39, 0.29) is 18.2 Å². The molecule has 1 aromatic carbocycles. The zero-order valence-electron chi connectivity index (χ0n) is 11.0. The van der Waals surface area contributed by atoms with Gasteiger partial charge in [-0.1, -0.05) is 18.2 Å². The number of thiazole rings is 1. The van der Waals surface area contributed by atoms with Crippen LogP contribution in [0.25, 0.3) is 0 Å². The van der Waals surface area contributed by atoms with Crippen LogP contribution in [0.1, 0.15) is 5.69 Å². The van der Waals surface area contributed by atoms with Crippen LogP contribution in [-0.2, 0) is 16.0 Å². The Morgan fingerprint density at radius 1 is 1.24 bits per heavy atom. The Kier molecular flexibility index (Phi) is 5.73. The highest BCUT2D eigenvalue weighted by Gasteiger charge is 2.09. The number of carbonyl (C=O) groups excluding carboxylic acids is 2. The van der Waals surface area contributed by atoms with Gasteiger partial charge in [0.1, 0.15) is 0 Å². The Labute approximate surface area is 130 Å². The maximum atomic E-state index is 11.8. The molecule has 0 bridgehead atoms. The van der Waals surface area contributed by atoms with E-state index in [2.05, 4.69) is 10.3 Å². The Balaban J connectivity index is 1.81. The zero-order valence-corrected chi connectivity index (χ0v) is 12.7. The van der Waals surface area contributed by atoms with Crippen molar-refractivity contribution in [1.29, 1.82) is 0 Å². The van der Waals surface area contributed by atoms with E-state index in [0.29, 0.717) is 16.6 Å². The van der Waals surface area contributed by atoms with Crippen molar-refractivity contribution in [2.45, 2.75) is 11.3 Å². The second-order valence-corrected chi connectivity index (χ2v) is 5.95. The highest BCUT2D eigenvalue weighted by atomic mass is 32.2. The third kappa shape index (κ3) is 5.18. The molecule has 0 spiro atoms. The second-order valence-electron chi connectivity index (χ2n) is 4.04. The summed E-state index contributed by atoms with van der Waals surface area (Å²) in [5.41, 5.74) is 2.61. The van der Waals surface area contributed by atoms with E-state index in [0.717, 1.165) is 4.90 Å². The molecule has 4 N–H and O–H groups in total. The zero-order chi connectivity index (χ0) is 15.1. The minimum Gasteiger partial charge on any atom is -0.301 e. The molecule has 1 aromatic heterocycles. The Bertz CT molecular complexity index is 616. The smallest absolute Gasteiger partial charge is 0.239 e. The molecule has 110 valence electrons. The van der Waals surface area contributed by atoms with Crippen molar-refractivity contribution in [2.75, 3.05) is 11.1 Å². The molecule has 0 saturated heterocycles. The van der Waals surface area contributed by atoms with Gasteiger partial charge in [-0.3, -0.25) is 15.0 Å². The molecule has 2 rings (SSSR count). The SMILES string of the molecule is NNC(=O)Cc1csc(NC(=O)CSc2ccccc2)n1. The average molecular weight is 322 g/mol. The van der Waals surface area contributed by atoms with Crippen molar-refractivity contribution in [3.63, 3.8) is 0 Å². The lowest BCUT2D eigenvalue weighted by molar-refractivity contribution is -0.120. The molecule has 2 amide bonds. The first-order valence-electron chi connectivity index (χ1n) is 6.09. The van der Waals surface area contributed by atoms with Gasteiger partial charge in [0, 0.05) is 10.3 Å². The average Bonchev–Trinajstić information content (AvgIpc) is 2.93. The number of hydrogen-bond donors (Lipinski definition) is 3. The summed E-state index contributed by atoms with van der Waals surface area (Å²) in [4.78, 5) is 28.1. The number of thioether (sulfide) groups is 1. The molecule has 1 heterocycles. The van der Waals surface area contributed by atoms with E-state index in [1.165, 1.54) is 23.1 Å². The third-order valence-corrected chi connectivity index (χ3v) is 4.23. The first kappa shape index (κ1) is 15.5. The molecule has 8 heteroatoms. The van der Waals surface area contributed by atoms with E-state index in [4.69, 9.17) is 5.84 Å². The number of benzene rings is 1. The number of rotatable bonds is 6. The molecule has 21 heavy (non-hydrogen) atoms. The summed E-state index contributed by atoms with van der Waals surface area (Å²) in [6, 6.07) is 9.68. The van der Waals surface area contributed by atoms with Gasteiger partial charge >= 0.3 is 0 Å². The molecule has 0 saturated carbocycles. The molecule has 0 aliphatic heterocycles. The quantitative estimate of drug-likeness (QED) is 0.323. The van der Waals surface area contributed by atoms with Crippen LogP contribution in [0.5, 0.6) is 0 Å². The maximum Gasteiger partial charge on any atom is 0.239 e. The summed E-state index contributed by atoms with van der Waals surface area (Å²) >= 11 is 2.73. The van der Waals surface area contributed by atoms with Gasteiger partial charge in [-0.25, -0.2) is 10.8 Å². The van der Waals surface area contributed by atoms with Crippen LogP contribution in [0, 0.1) is 0 Å². The number of carbonyl (C=O) groups is 2. The first-order chi connectivity index (χ1) is 10.2. The van der Waals surface area contributed by atoms with E-state index < -0.39 is 0 Å². The molecule has 0 aliphatic carbocycles. The maximum absolute atomic E-state index is 11.8. The van der Waals surface area contributed by atoms with E-state index in [1.54, 1.807) is 5.38 Å². The summed E-state index contributed by atoms with van der Waals surface area (Å²) in [5, 5.41) is 4.91. The fraction of sp³-hybridized carbons (Fsp3) is 0.154. The minimum atomic E-state index is -0.321. The molecular formula is C13H14N4O2S2. The number of amides is 2. The lowest BCUT2D eigenvalue weighted by Crippen LogP contribution is -2.31. The Morgan fingerprint density at radius 2 is 2.00 bits per heavy atom. The molecule has 0 aliphatic rings. The molecular weight excluding hydrogens is 308 g/mol. The van der Waals surface area contributed by atoms with Gasteiger partial charge in [-0.05, 0) is 12.1 Å². The monoisotopic (exact) mass is 322 g/mol.